The molecular formula is C19H21N3O3. The fourth-order valence-electron chi connectivity index (χ4n) is 2.36. The number of nitro benzene ring substituents is 1. The van der Waals surface area contributed by atoms with E-state index in [4.69, 9.17) is 0 Å². The Bertz CT molecular complexity index is 740. The van der Waals surface area contributed by atoms with Gasteiger partial charge in [0.25, 0.3) is 11.6 Å². The van der Waals surface area contributed by atoms with Crippen LogP contribution in [-0.2, 0) is 0 Å². The van der Waals surface area contributed by atoms with Gasteiger partial charge in [0.1, 0.15) is 0 Å². The van der Waals surface area contributed by atoms with E-state index in [1.54, 1.807) is 0 Å². The van der Waals surface area contributed by atoms with E-state index in [0.29, 0.717) is 5.56 Å². The number of nitrogens with zero attached hydrogens (tertiary/aromatic N) is 2. The molecule has 0 saturated carbocycles. The zero-order valence-electron chi connectivity index (χ0n) is 14.1. The summed E-state index contributed by atoms with van der Waals surface area (Å²) in [5, 5.41) is 14.9. The molecule has 2 aromatic rings. The van der Waals surface area contributed by atoms with Gasteiger partial charge < -0.3 is 0 Å². The molecular weight excluding hydrogens is 318 g/mol. The summed E-state index contributed by atoms with van der Waals surface area (Å²) in [6.45, 7) is 2.13. The molecule has 2 rings (SSSR count). The van der Waals surface area contributed by atoms with E-state index in [1.807, 2.05) is 30.3 Å². The number of unbranched alkanes of at least 4 members (excludes halogenated alkanes) is 2. The van der Waals surface area contributed by atoms with Crippen LogP contribution in [-0.4, -0.2) is 16.5 Å². The van der Waals surface area contributed by atoms with Crippen molar-refractivity contribution in [3.05, 3.63) is 75.8 Å². The molecule has 1 amide bonds. The Morgan fingerprint density at radius 3 is 2.32 bits per heavy atom. The lowest BCUT2D eigenvalue weighted by Crippen LogP contribution is -2.20. The number of hydrogen-bond acceptors (Lipinski definition) is 4. The lowest BCUT2D eigenvalue weighted by molar-refractivity contribution is -0.384. The van der Waals surface area contributed by atoms with Crippen LogP contribution >= 0.6 is 0 Å². The van der Waals surface area contributed by atoms with Crippen LogP contribution in [0, 0.1) is 10.1 Å². The van der Waals surface area contributed by atoms with Gasteiger partial charge in [-0.1, -0.05) is 50.1 Å². The molecule has 0 spiro atoms. The monoisotopic (exact) mass is 339 g/mol. The van der Waals surface area contributed by atoms with Crippen molar-refractivity contribution in [1.29, 1.82) is 0 Å². The van der Waals surface area contributed by atoms with Gasteiger partial charge in [-0.3, -0.25) is 14.9 Å². The number of hydrazone groups is 1. The maximum absolute atomic E-state index is 12.2. The molecule has 2 aromatic carbocycles. The van der Waals surface area contributed by atoms with Gasteiger partial charge in [0, 0.05) is 17.7 Å². The summed E-state index contributed by atoms with van der Waals surface area (Å²) in [6.07, 6.45) is 3.98. The minimum Gasteiger partial charge on any atom is -0.267 e. The third kappa shape index (κ3) is 5.53. The first kappa shape index (κ1) is 18.3. The minimum atomic E-state index is -0.499. The van der Waals surface area contributed by atoms with Gasteiger partial charge in [0.2, 0.25) is 0 Å². The Labute approximate surface area is 146 Å². The number of non-ortho nitro benzene ring substituents is 1. The maximum atomic E-state index is 12.2. The Hall–Kier alpha value is -3.02. The Balaban J connectivity index is 2.10. The SMILES string of the molecule is CCCCCC(=NNC(=O)c1ccc([N+](=O)[O-])cc1)c1ccccc1. The van der Waals surface area contributed by atoms with Crippen LogP contribution in [0.5, 0.6) is 0 Å². The van der Waals surface area contributed by atoms with Crippen LogP contribution in [0.25, 0.3) is 0 Å². The van der Waals surface area contributed by atoms with Gasteiger partial charge in [-0.15, -0.1) is 0 Å². The predicted molar refractivity (Wildman–Crippen MR) is 97.7 cm³/mol. The van der Waals surface area contributed by atoms with E-state index in [-0.39, 0.29) is 11.6 Å². The average Bonchev–Trinajstić information content (AvgIpc) is 2.65. The lowest BCUT2D eigenvalue weighted by atomic mass is 10.0. The third-order valence-corrected chi connectivity index (χ3v) is 3.76. The standard InChI is InChI=1S/C19H21N3O3/c1-2-3-5-10-18(15-8-6-4-7-9-15)20-21-19(23)16-11-13-17(14-12-16)22(24)25/h4,6-9,11-14H,2-3,5,10H2,1H3,(H,21,23). The normalized spacial score (nSPS) is 11.2. The van der Waals surface area contributed by atoms with Crippen molar-refractivity contribution in [2.45, 2.75) is 32.6 Å². The first-order valence-corrected chi connectivity index (χ1v) is 8.28. The number of rotatable bonds is 8. The Morgan fingerprint density at radius 1 is 1.04 bits per heavy atom. The van der Waals surface area contributed by atoms with Crippen LogP contribution in [0.1, 0.15) is 48.5 Å². The van der Waals surface area contributed by atoms with E-state index >= 15 is 0 Å². The molecule has 130 valence electrons. The highest BCUT2D eigenvalue weighted by atomic mass is 16.6. The van der Waals surface area contributed by atoms with E-state index in [1.165, 1.54) is 24.3 Å². The van der Waals surface area contributed by atoms with Gasteiger partial charge in [-0.05, 0) is 30.5 Å². The molecule has 1 N–H and O–H groups in total. The second kappa shape index (κ2) is 9.32. The zero-order chi connectivity index (χ0) is 18.1. The molecule has 0 aromatic heterocycles. The van der Waals surface area contributed by atoms with E-state index < -0.39 is 4.92 Å². The number of nitrogens with one attached hydrogen (secondary N) is 1. The number of amides is 1. The summed E-state index contributed by atoms with van der Waals surface area (Å²) in [5.41, 5.74) is 4.63. The number of carbonyl (C=O) groups is 1. The summed E-state index contributed by atoms with van der Waals surface area (Å²) in [7, 11) is 0. The lowest BCUT2D eigenvalue weighted by Gasteiger charge is -2.07. The maximum Gasteiger partial charge on any atom is 0.271 e. The molecule has 0 aliphatic heterocycles. The van der Waals surface area contributed by atoms with Crippen molar-refractivity contribution in [2.24, 2.45) is 5.10 Å². The van der Waals surface area contributed by atoms with E-state index in [9.17, 15) is 14.9 Å². The second-order valence-electron chi connectivity index (χ2n) is 5.63. The van der Waals surface area contributed by atoms with Crippen molar-refractivity contribution in [3.8, 4) is 0 Å². The molecule has 25 heavy (non-hydrogen) atoms. The molecule has 0 aliphatic rings. The second-order valence-corrected chi connectivity index (χ2v) is 5.63. The highest BCUT2D eigenvalue weighted by molar-refractivity contribution is 6.02. The van der Waals surface area contributed by atoms with Crippen molar-refractivity contribution in [1.82, 2.24) is 5.43 Å². The van der Waals surface area contributed by atoms with E-state index in [2.05, 4.69) is 17.5 Å². The quantitative estimate of drug-likeness (QED) is 0.336. The summed E-state index contributed by atoms with van der Waals surface area (Å²) >= 11 is 0. The van der Waals surface area contributed by atoms with Crippen LogP contribution in [0.3, 0.4) is 0 Å². The minimum absolute atomic E-state index is 0.0513. The molecule has 6 nitrogen and oxygen atoms in total. The van der Waals surface area contributed by atoms with Gasteiger partial charge in [-0.2, -0.15) is 5.10 Å². The smallest absolute Gasteiger partial charge is 0.267 e. The van der Waals surface area contributed by atoms with E-state index in [0.717, 1.165) is 37.0 Å². The first-order chi connectivity index (χ1) is 12.1. The molecule has 0 radical (unpaired) electrons. The van der Waals surface area contributed by atoms with Gasteiger partial charge in [-0.25, -0.2) is 5.43 Å². The Morgan fingerprint density at radius 2 is 1.72 bits per heavy atom. The molecule has 0 bridgehead atoms. The number of benzene rings is 2. The van der Waals surface area contributed by atoms with Crippen molar-refractivity contribution in [3.63, 3.8) is 0 Å². The van der Waals surface area contributed by atoms with Crippen molar-refractivity contribution < 1.29 is 9.72 Å². The highest BCUT2D eigenvalue weighted by Gasteiger charge is 2.10. The molecule has 0 atom stereocenters. The summed E-state index contributed by atoms with van der Waals surface area (Å²) in [6, 6.07) is 15.2. The summed E-state index contributed by atoms with van der Waals surface area (Å²) in [4.78, 5) is 22.4. The van der Waals surface area contributed by atoms with Crippen LogP contribution in [0.2, 0.25) is 0 Å². The topological polar surface area (TPSA) is 84.6 Å². The zero-order valence-corrected chi connectivity index (χ0v) is 14.1. The first-order valence-electron chi connectivity index (χ1n) is 8.28. The van der Waals surface area contributed by atoms with Crippen LogP contribution < -0.4 is 5.43 Å². The van der Waals surface area contributed by atoms with Gasteiger partial charge in [0.05, 0.1) is 10.6 Å². The average molecular weight is 339 g/mol. The molecule has 0 aliphatic carbocycles. The van der Waals surface area contributed by atoms with Crippen LogP contribution in [0.4, 0.5) is 5.69 Å². The predicted octanol–water partition coefficient (Wildman–Crippen LogP) is 4.31. The molecule has 0 heterocycles. The third-order valence-electron chi connectivity index (χ3n) is 3.76. The molecule has 0 fully saturated rings. The van der Waals surface area contributed by atoms with Gasteiger partial charge in [0.15, 0.2) is 0 Å². The fraction of sp³-hybridized carbons (Fsp3) is 0.263. The molecule has 0 saturated heterocycles. The fourth-order valence-corrected chi connectivity index (χ4v) is 2.36. The van der Waals surface area contributed by atoms with Gasteiger partial charge >= 0.3 is 0 Å². The summed E-state index contributed by atoms with van der Waals surface area (Å²) < 4.78 is 0. The Kier molecular flexibility index (Phi) is 6.83. The van der Waals surface area contributed by atoms with Crippen LogP contribution in [0.15, 0.2) is 59.7 Å². The molecule has 0 unspecified atom stereocenters. The number of hydrogen-bond donors (Lipinski definition) is 1. The summed E-state index contributed by atoms with van der Waals surface area (Å²) in [5.74, 6) is -0.390. The van der Waals surface area contributed by atoms with Crippen molar-refractivity contribution >= 4 is 17.3 Å². The molecule has 6 heteroatoms. The number of carbonyl (C=O) groups excluding carboxylic acids is 1. The van der Waals surface area contributed by atoms with Crippen molar-refractivity contribution in [2.75, 3.05) is 0 Å². The highest BCUT2D eigenvalue weighted by Crippen LogP contribution is 2.12. The largest absolute Gasteiger partial charge is 0.271 e. The number of nitro groups is 1.